The van der Waals surface area contributed by atoms with Gasteiger partial charge in [-0.05, 0) is 61.1 Å². The first-order valence-corrected chi connectivity index (χ1v) is 7.60. The molecule has 2 aliphatic carbocycles. The molecule has 0 bridgehead atoms. The SMILES string of the molecule is [2H]C1([2H])CC([C@H]2CC[C@H](c3ccc(F)c(F)c3)CC2)CC([2H])([2H])C1. The summed E-state index contributed by atoms with van der Waals surface area (Å²) in [6.07, 6.45) is 1.56. The summed E-state index contributed by atoms with van der Waals surface area (Å²) in [6.45, 7) is 0. The summed E-state index contributed by atoms with van der Waals surface area (Å²) in [4.78, 5) is 0. The average Bonchev–Trinajstić information content (AvgIpc) is 2.47. The summed E-state index contributed by atoms with van der Waals surface area (Å²) in [5.41, 5.74) is 0.835. The zero-order valence-electron chi connectivity index (χ0n) is 15.7. The van der Waals surface area contributed by atoms with Crippen LogP contribution in [0.4, 0.5) is 8.78 Å². The van der Waals surface area contributed by atoms with Crippen molar-refractivity contribution in [3.63, 3.8) is 0 Å². The maximum absolute atomic E-state index is 13.4. The van der Waals surface area contributed by atoms with Crippen molar-refractivity contribution in [2.24, 2.45) is 11.8 Å². The van der Waals surface area contributed by atoms with Crippen molar-refractivity contribution in [1.82, 2.24) is 0 Å². The van der Waals surface area contributed by atoms with E-state index in [4.69, 9.17) is 5.48 Å². The molecule has 0 aromatic heterocycles. The molecule has 3 rings (SSSR count). The molecule has 0 amide bonds. The molecule has 0 spiro atoms. The van der Waals surface area contributed by atoms with Crippen LogP contribution in [0.15, 0.2) is 18.2 Å². The van der Waals surface area contributed by atoms with Crippen molar-refractivity contribution in [3.05, 3.63) is 35.4 Å². The number of benzene rings is 1. The van der Waals surface area contributed by atoms with Crippen LogP contribution in [0.2, 0.25) is 0 Å². The first kappa shape index (κ1) is 9.92. The molecule has 0 heterocycles. The second-order valence-corrected chi connectivity index (χ2v) is 6.13. The van der Waals surface area contributed by atoms with Crippen LogP contribution >= 0.6 is 0 Å². The molecule has 1 aromatic rings. The maximum Gasteiger partial charge on any atom is 0.159 e. The molecular formula is C18H24F2. The summed E-state index contributed by atoms with van der Waals surface area (Å²) < 4.78 is 58.5. The highest BCUT2D eigenvalue weighted by Crippen LogP contribution is 2.42. The Balaban J connectivity index is 1.63. The lowest BCUT2D eigenvalue weighted by atomic mass is 9.70. The fourth-order valence-corrected chi connectivity index (χ4v) is 3.70. The Morgan fingerprint density at radius 1 is 0.850 bits per heavy atom. The van der Waals surface area contributed by atoms with Gasteiger partial charge in [0.1, 0.15) is 0 Å². The van der Waals surface area contributed by atoms with Crippen LogP contribution in [-0.2, 0) is 0 Å². The summed E-state index contributed by atoms with van der Waals surface area (Å²) in [7, 11) is 0. The van der Waals surface area contributed by atoms with Crippen molar-refractivity contribution < 1.29 is 14.3 Å². The van der Waals surface area contributed by atoms with Gasteiger partial charge >= 0.3 is 0 Å². The van der Waals surface area contributed by atoms with Gasteiger partial charge in [-0.2, -0.15) is 0 Å². The van der Waals surface area contributed by atoms with E-state index in [1.807, 2.05) is 0 Å². The molecule has 0 N–H and O–H groups in total. The standard InChI is InChI=1S/C18H24F2/c19-17-11-10-16(12-18(17)20)15-8-6-14(7-9-15)13-4-2-1-3-5-13/h10-15H,1-9H2/t14-,15-/i2D2,3D2. The predicted molar refractivity (Wildman–Crippen MR) is 77.6 cm³/mol. The van der Waals surface area contributed by atoms with Crippen molar-refractivity contribution in [2.75, 3.05) is 0 Å². The molecule has 0 aliphatic heterocycles. The van der Waals surface area contributed by atoms with Gasteiger partial charge in [-0.1, -0.05) is 38.1 Å². The zero-order chi connectivity index (χ0) is 17.5. The van der Waals surface area contributed by atoms with Crippen molar-refractivity contribution in [2.45, 2.75) is 63.6 Å². The summed E-state index contributed by atoms with van der Waals surface area (Å²) in [5.74, 6) is -0.998. The molecular weight excluding hydrogens is 254 g/mol. The van der Waals surface area contributed by atoms with Crippen LogP contribution in [0.25, 0.3) is 0 Å². The average molecular weight is 282 g/mol. The van der Waals surface area contributed by atoms with Crippen LogP contribution in [0, 0.1) is 23.5 Å². The second-order valence-electron chi connectivity index (χ2n) is 6.13. The maximum atomic E-state index is 13.4. The van der Waals surface area contributed by atoms with Crippen molar-refractivity contribution >= 4 is 0 Å². The fraction of sp³-hybridized carbons (Fsp3) is 0.667. The number of rotatable bonds is 2. The normalized spacial score (nSPS) is 36.5. The van der Waals surface area contributed by atoms with Crippen molar-refractivity contribution in [3.8, 4) is 0 Å². The third kappa shape index (κ3) is 3.05. The summed E-state index contributed by atoms with van der Waals surface area (Å²) >= 11 is 0. The lowest BCUT2D eigenvalue weighted by Crippen LogP contribution is -2.23. The van der Waals surface area contributed by atoms with E-state index in [-0.39, 0.29) is 18.3 Å². The molecule has 0 saturated heterocycles. The first-order chi connectivity index (χ1) is 11.2. The van der Waals surface area contributed by atoms with Crippen LogP contribution < -0.4 is 0 Å². The van der Waals surface area contributed by atoms with Gasteiger partial charge in [0.25, 0.3) is 0 Å². The number of hydrogen-bond acceptors (Lipinski definition) is 0. The lowest BCUT2D eigenvalue weighted by Gasteiger charge is -2.36. The Bertz CT molecular complexity index is 579. The molecule has 2 heteroatoms. The number of hydrogen-bond donors (Lipinski definition) is 0. The number of halogens is 2. The van der Waals surface area contributed by atoms with E-state index in [1.165, 1.54) is 12.1 Å². The molecule has 0 atom stereocenters. The summed E-state index contributed by atoms with van der Waals surface area (Å²) in [5, 5.41) is 0. The molecule has 1 aromatic carbocycles. The van der Waals surface area contributed by atoms with Gasteiger partial charge in [0, 0.05) is 5.48 Å². The van der Waals surface area contributed by atoms with Crippen LogP contribution in [0.3, 0.4) is 0 Å². The van der Waals surface area contributed by atoms with Gasteiger partial charge in [0.05, 0.1) is 0 Å². The molecule has 2 saturated carbocycles. The van der Waals surface area contributed by atoms with Gasteiger partial charge in [-0.3, -0.25) is 0 Å². The predicted octanol–water partition coefficient (Wildman–Crippen LogP) is 5.82. The van der Waals surface area contributed by atoms with E-state index < -0.39 is 24.4 Å². The van der Waals surface area contributed by atoms with E-state index in [0.717, 1.165) is 31.2 Å². The Labute approximate surface area is 126 Å². The van der Waals surface area contributed by atoms with Gasteiger partial charge in [0.15, 0.2) is 11.6 Å². The van der Waals surface area contributed by atoms with E-state index in [1.54, 1.807) is 6.07 Å². The highest BCUT2D eigenvalue weighted by atomic mass is 19.2. The third-order valence-electron chi connectivity index (χ3n) is 4.92. The smallest absolute Gasteiger partial charge is 0.159 e. The Morgan fingerprint density at radius 3 is 2.15 bits per heavy atom. The molecule has 20 heavy (non-hydrogen) atoms. The van der Waals surface area contributed by atoms with Crippen LogP contribution in [0.1, 0.15) is 74.7 Å². The topological polar surface area (TPSA) is 0 Å². The lowest BCUT2D eigenvalue weighted by molar-refractivity contribution is 0.186. The van der Waals surface area contributed by atoms with Crippen LogP contribution in [0.5, 0.6) is 0 Å². The fourth-order valence-electron chi connectivity index (χ4n) is 3.70. The monoisotopic (exact) mass is 282 g/mol. The largest absolute Gasteiger partial charge is 0.204 e. The van der Waals surface area contributed by atoms with Gasteiger partial charge < -0.3 is 0 Å². The van der Waals surface area contributed by atoms with Gasteiger partial charge in [-0.25, -0.2) is 8.78 Å². The molecule has 110 valence electrons. The molecule has 2 aliphatic rings. The van der Waals surface area contributed by atoms with Crippen molar-refractivity contribution in [1.29, 1.82) is 0 Å². The van der Waals surface area contributed by atoms with E-state index in [9.17, 15) is 8.78 Å². The molecule has 0 radical (unpaired) electrons. The molecule has 2 fully saturated rings. The van der Waals surface area contributed by atoms with Crippen LogP contribution in [-0.4, -0.2) is 0 Å². The third-order valence-corrected chi connectivity index (χ3v) is 4.92. The zero-order valence-corrected chi connectivity index (χ0v) is 11.7. The van der Waals surface area contributed by atoms with Gasteiger partial charge in [0.2, 0.25) is 0 Å². The minimum atomic E-state index is -1.43. The van der Waals surface area contributed by atoms with E-state index >= 15 is 0 Å². The molecule has 0 nitrogen and oxygen atoms in total. The summed E-state index contributed by atoms with van der Waals surface area (Å²) in [6, 6.07) is 4.13. The highest BCUT2D eigenvalue weighted by molar-refractivity contribution is 5.22. The molecule has 0 unspecified atom stereocenters. The second kappa shape index (κ2) is 6.24. The Hall–Kier alpha value is -0.920. The highest BCUT2D eigenvalue weighted by Gasteiger charge is 2.29. The van der Waals surface area contributed by atoms with E-state index in [0.29, 0.717) is 18.8 Å². The Morgan fingerprint density at radius 2 is 1.50 bits per heavy atom. The minimum Gasteiger partial charge on any atom is -0.204 e. The van der Waals surface area contributed by atoms with E-state index in [2.05, 4.69) is 0 Å². The minimum absolute atomic E-state index is 0.0132. The Kier molecular flexibility index (Phi) is 3.09. The van der Waals surface area contributed by atoms with Gasteiger partial charge in [-0.15, -0.1) is 0 Å². The first-order valence-electron chi connectivity index (χ1n) is 9.60. The quantitative estimate of drug-likeness (QED) is 0.641.